The molecular formula is C11H20O3. The largest absolute Gasteiger partial charge is 0.481 e. The number of hydrogen-bond donors (Lipinski definition) is 2. The van der Waals surface area contributed by atoms with Gasteiger partial charge in [0, 0.05) is 0 Å². The van der Waals surface area contributed by atoms with Crippen molar-refractivity contribution in [3.8, 4) is 0 Å². The fourth-order valence-corrected chi connectivity index (χ4v) is 2.14. The Balaban J connectivity index is 2.85. The van der Waals surface area contributed by atoms with Crippen LogP contribution in [0.5, 0.6) is 0 Å². The minimum atomic E-state index is -1.03. The Kier molecular flexibility index (Phi) is 3.20. The standard InChI is InChI=1S/C11H20O3/c1-10(2,9(12)13)11(14)7-5-3-4-6-8-11/h14H,3-8H2,1-2H3,(H,12,13). The van der Waals surface area contributed by atoms with Crippen LogP contribution in [0.25, 0.3) is 0 Å². The van der Waals surface area contributed by atoms with Crippen molar-refractivity contribution in [3.63, 3.8) is 0 Å². The molecule has 1 aliphatic rings. The second-order valence-electron chi connectivity index (χ2n) is 4.88. The van der Waals surface area contributed by atoms with Crippen LogP contribution in [0, 0.1) is 5.41 Å². The van der Waals surface area contributed by atoms with Gasteiger partial charge in [0.1, 0.15) is 0 Å². The van der Waals surface area contributed by atoms with Crippen LogP contribution in [0.3, 0.4) is 0 Å². The first-order valence-electron chi connectivity index (χ1n) is 5.36. The lowest BCUT2D eigenvalue weighted by Crippen LogP contribution is -2.49. The van der Waals surface area contributed by atoms with Crippen molar-refractivity contribution >= 4 is 5.97 Å². The highest BCUT2D eigenvalue weighted by Crippen LogP contribution is 2.41. The molecule has 2 N–H and O–H groups in total. The molecule has 0 radical (unpaired) electrons. The van der Waals surface area contributed by atoms with Gasteiger partial charge >= 0.3 is 5.97 Å². The predicted octanol–water partition coefficient (Wildman–Crippen LogP) is 2.18. The smallest absolute Gasteiger partial charge is 0.312 e. The summed E-state index contributed by atoms with van der Waals surface area (Å²) in [7, 11) is 0. The molecule has 0 bridgehead atoms. The molecule has 0 amide bonds. The zero-order chi connectivity index (χ0) is 10.8. The highest BCUT2D eigenvalue weighted by molar-refractivity contribution is 5.75. The number of aliphatic carboxylic acids is 1. The van der Waals surface area contributed by atoms with Crippen LogP contribution in [0.1, 0.15) is 52.4 Å². The molecule has 0 heterocycles. The van der Waals surface area contributed by atoms with Gasteiger partial charge < -0.3 is 10.2 Å². The fourth-order valence-electron chi connectivity index (χ4n) is 2.14. The highest BCUT2D eigenvalue weighted by Gasteiger charge is 2.48. The lowest BCUT2D eigenvalue weighted by atomic mass is 9.70. The van der Waals surface area contributed by atoms with Gasteiger partial charge in [-0.15, -0.1) is 0 Å². The summed E-state index contributed by atoms with van der Waals surface area (Å²) >= 11 is 0. The molecule has 1 aliphatic carbocycles. The Labute approximate surface area is 85.1 Å². The molecule has 14 heavy (non-hydrogen) atoms. The van der Waals surface area contributed by atoms with Crippen LogP contribution in [0.4, 0.5) is 0 Å². The summed E-state index contributed by atoms with van der Waals surface area (Å²) in [6.45, 7) is 3.25. The molecule has 82 valence electrons. The maximum Gasteiger partial charge on any atom is 0.312 e. The lowest BCUT2D eigenvalue weighted by Gasteiger charge is -2.39. The number of carbonyl (C=O) groups is 1. The van der Waals surface area contributed by atoms with Crippen molar-refractivity contribution in [2.24, 2.45) is 5.41 Å². The van der Waals surface area contributed by atoms with Gasteiger partial charge in [0.2, 0.25) is 0 Å². The van der Waals surface area contributed by atoms with Gasteiger partial charge in [-0.25, -0.2) is 0 Å². The molecule has 0 aromatic carbocycles. The quantitative estimate of drug-likeness (QED) is 0.672. The van der Waals surface area contributed by atoms with Gasteiger partial charge in [-0.3, -0.25) is 4.79 Å². The second kappa shape index (κ2) is 3.89. The Morgan fingerprint density at radius 2 is 1.57 bits per heavy atom. The average Bonchev–Trinajstić information content (AvgIpc) is 2.30. The molecule has 0 spiro atoms. The number of rotatable bonds is 2. The van der Waals surface area contributed by atoms with Crippen molar-refractivity contribution in [2.45, 2.75) is 58.0 Å². The Morgan fingerprint density at radius 1 is 1.14 bits per heavy atom. The Bertz CT molecular complexity index is 213. The van der Waals surface area contributed by atoms with Gasteiger partial charge in [-0.2, -0.15) is 0 Å². The van der Waals surface area contributed by atoms with Crippen molar-refractivity contribution in [1.29, 1.82) is 0 Å². The lowest BCUT2D eigenvalue weighted by molar-refractivity contribution is -0.166. The van der Waals surface area contributed by atoms with Crippen molar-refractivity contribution in [2.75, 3.05) is 0 Å². The molecule has 1 rings (SSSR count). The first-order chi connectivity index (χ1) is 6.40. The van der Waals surface area contributed by atoms with E-state index in [0.29, 0.717) is 12.8 Å². The van der Waals surface area contributed by atoms with Crippen molar-refractivity contribution in [1.82, 2.24) is 0 Å². The number of aliphatic hydroxyl groups is 1. The topological polar surface area (TPSA) is 57.5 Å². The minimum absolute atomic E-state index is 0.617. The van der Waals surface area contributed by atoms with Crippen LogP contribution >= 0.6 is 0 Å². The summed E-state index contributed by atoms with van der Waals surface area (Å²) in [4.78, 5) is 11.1. The number of hydrogen-bond acceptors (Lipinski definition) is 2. The van der Waals surface area contributed by atoms with Crippen LogP contribution < -0.4 is 0 Å². The summed E-state index contributed by atoms with van der Waals surface area (Å²) < 4.78 is 0. The summed E-state index contributed by atoms with van der Waals surface area (Å²) in [6.07, 6.45) is 5.33. The van der Waals surface area contributed by atoms with Crippen LogP contribution in [-0.2, 0) is 4.79 Å². The van der Waals surface area contributed by atoms with E-state index in [0.717, 1.165) is 25.7 Å². The van der Waals surface area contributed by atoms with E-state index in [1.54, 1.807) is 13.8 Å². The molecule has 1 fully saturated rings. The Morgan fingerprint density at radius 3 is 1.93 bits per heavy atom. The molecule has 0 atom stereocenters. The SMILES string of the molecule is CC(C)(C(=O)O)C1(O)CCCCCC1. The van der Waals surface area contributed by atoms with E-state index in [9.17, 15) is 9.90 Å². The van der Waals surface area contributed by atoms with Crippen LogP contribution in [0.15, 0.2) is 0 Å². The van der Waals surface area contributed by atoms with Gasteiger partial charge in [0.25, 0.3) is 0 Å². The fraction of sp³-hybridized carbons (Fsp3) is 0.909. The zero-order valence-electron chi connectivity index (χ0n) is 9.05. The molecule has 1 saturated carbocycles. The monoisotopic (exact) mass is 200 g/mol. The summed E-state index contributed by atoms with van der Waals surface area (Å²) in [6, 6.07) is 0. The van der Waals surface area contributed by atoms with Gasteiger partial charge in [-0.05, 0) is 26.7 Å². The average molecular weight is 200 g/mol. The molecule has 3 heteroatoms. The Hall–Kier alpha value is -0.570. The van der Waals surface area contributed by atoms with E-state index in [4.69, 9.17) is 5.11 Å². The third-order valence-electron chi connectivity index (χ3n) is 3.63. The molecule has 0 aromatic rings. The van der Waals surface area contributed by atoms with E-state index in [1.807, 2.05) is 0 Å². The van der Waals surface area contributed by atoms with Crippen LogP contribution in [0.2, 0.25) is 0 Å². The predicted molar refractivity (Wildman–Crippen MR) is 54.1 cm³/mol. The molecule has 3 nitrogen and oxygen atoms in total. The van der Waals surface area contributed by atoms with Gasteiger partial charge in [-0.1, -0.05) is 25.7 Å². The molecule has 0 unspecified atom stereocenters. The highest BCUT2D eigenvalue weighted by atomic mass is 16.4. The summed E-state index contributed by atoms with van der Waals surface area (Å²) in [5.74, 6) is -0.901. The summed E-state index contributed by atoms with van der Waals surface area (Å²) in [5.41, 5.74) is -2.05. The van der Waals surface area contributed by atoms with E-state index in [2.05, 4.69) is 0 Å². The molecule has 0 aliphatic heterocycles. The first kappa shape index (κ1) is 11.5. The maximum atomic E-state index is 11.1. The zero-order valence-corrected chi connectivity index (χ0v) is 9.05. The molecule has 0 aromatic heterocycles. The minimum Gasteiger partial charge on any atom is -0.481 e. The van der Waals surface area contributed by atoms with Crippen molar-refractivity contribution in [3.05, 3.63) is 0 Å². The van der Waals surface area contributed by atoms with Crippen molar-refractivity contribution < 1.29 is 15.0 Å². The van der Waals surface area contributed by atoms with Gasteiger partial charge in [0.15, 0.2) is 0 Å². The molecular weight excluding hydrogens is 180 g/mol. The second-order valence-corrected chi connectivity index (χ2v) is 4.88. The molecule has 0 saturated heterocycles. The van der Waals surface area contributed by atoms with E-state index < -0.39 is 17.0 Å². The summed E-state index contributed by atoms with van der Waals surface area (Å²) in [5, 5.41) is 19.5. The normalized spacial score (nSPS) is 22.8. The number of carboxylic acids is 1. The number of carboxylic acid groups (broad SMARTS) is 1. The van der Waals surface area contributed by atoms with E-state index in [-0.39, 0.29) is 0 Å². The maximum absolute atomic E-state index is 11.1. The van der Waals surface area contributed by atoms with E-state index >= 15 is 0 Å². The third-order valence-corrected chi connectivity index (χ3v) is 3.63. The van der Waals surface area contributed by atoms with Crippen LogP contribution in [-0.4, -0.2) is 21.8 Å². The van der Waals surface area contributed by atoms with E-state index in [1.165, 1.54) is 0 Å². The third kappa shape index (κ3) is 1.92. The first-order valence-corrected chi connectivity index (χ1v) is 5.36. The van der Waals surface area contributed by atoms with Gasteiger partial charge in [0.05, 0.1) is 11.0 Å².